The summed E-state index contributed by atoms with van der Waals surface area (Å²) in [6.07, 6.45) is 3.95. The van der Waals surface area contributed by atoms with E-state index in [-0.39, 0.29) is 0 Å². The number of hydrogen-bond donors (Lipinski definition) is 0. The SMILES string of the molecule is CCN(C)CCCS(=O)(=O)N1CCCCC1. The molecular formula is C11H24N2O2S. The Kier molecular flexibility index (Phi) is 5.72. The van der Waals surface area contributed by atoms with Crippen LogP contribution in [0.1, 0.15) is 32.6 Å². The Hall–Kier alpha value is -0.130. The van der Waals surface area contributed by atoms with Crippen LogP contribution < -0.4 is 0 Å². The summed E-state index contributed by atoms with van der Waals surface area (Å²) in [5.41, 5.74) is 0. The average Bonchev–Trinajstić information content (AvgIpc) is 2.30. The van der Waals surface area contributed by atoms with Crippen molar-refractivity contribution < 1.29 is 8.42 Å². The molecule has 0 aromatic rings. The van der Waals surface area contributed by atoms with E-state index in [1.807, 2.05) is 7.05 Å². The van der Waals surface area contributed by atoms with E-state index in [0.29, 0.717) is 5.75 Å². The normalized spacial score (nSPS) is 19.2. The summed E-state index contributed by atoms with van der Waals surface area (Å²) in [6.45, 7) is 5.38. The smallest absolute Gasteiger partial charge is 0.214 e. The van der Waals surface area contributed by atoms with Gasteiger partial charge < -0.3 is 4.90 Å². The minimum absolute atomic E-state index is 0.303. The summed E-state index contributed by atoms with van der Waals surface area (Å²) in [6, 6.07) is 0. The van der Waals surface area contributed by atoms with Gasteiger partial charge in [-0.15, -0.1) is 0 Å². The lowest BCUT2D eigenvalue weighted by atomic mass is 10.2. The van der Waals surface area contributed by atoms with Crippen LogP contribution in [0.5, 0.6) is 0 Å². The molecule has 16 heavy (non-hydrogen) atoms. The number of nitrogens with zero attached hydrogens (tertiary/aromatic N) is 2. The van der Waals surface area contributed by atoms with Gasteiger partial charge in [0.2, 0.25) is 10.0 Å². The molecule has 96 valence electrons. The van der Waals surface area contributed by atoms with Crippen molar-refractivity contribution in [1.29, 1.82) is 0 Å². The highest BCUT2D eigenvalue weighted by Gasteiger charge is 2.23. The van der Waals surface area contributed by atoms with E-state index in [1.54, 1.807) is 4.31 Å². The fourth-order valence-corrected chi connectivity index (χ4v) is 3.51. The predicted molar refractivity (Wildman–Crippen MR) is 67.0 cm³/mol. The fourth-order valence-electron chi connectivity index (χ4n) is 1.95. The Morgan fingerprint density at radius 1 is 1.19 bits per heavy atom. The molecule has 0 spiro atoms. The van der Waals surface area contributed by atoms with Crippen molar-refractivity contribution in [2.45, 2.75) is 32.6 Å². The van der Waals surface area contributed by atoms with Crippen molar-refractivity contribution in [3.8, 4) is 0 Å². The van der Waals surface area contributed by atoms with Crippen molar-refractivity contribution in [2.75, 3.05) is 39.0 Å². The third-order valence-electron chi connectivity index (χ3n) is 3.19. The Morgan fingerprint density at radius 2 is 1.81 bits per heavy atom. The molecule has 0 N–H and O–H groups in total. The summed E-state index contributed by atoms with van der Waals surface area (Å²) in [5, 5.41) is 0. The quantitative estimate of drug-likeness (QED) is 0.708. The van der Waals surface area contributed by atoms with Crippen molar-refractivity contribution in [1.82, 2.24) is 9.21 Å². The maximum absolute atomic E-state index is 12.0. The zero-order valence-electron chi connectivity index (χ0n) is 10.5. The van der Waals surface area contributed by atoms with Gasteiger partial charge in [-0.25, -0.2) is 12.7 Å². The van der Waals surface area contributed by atoms with Crippen LogP contribution in [-0.2, 0) is 10.0 Å². The maximum Gasteiger partial charge on any atom is 0.214 e. The van der Waals surface area contributed by atoms with E-state index in [2.05, 4.69) is 11.8 Å². The van der Waals surface area contributed by atoms with E-state index in [4.69, 9.17) is 0 Å². The molecule has 0 atom stereocenters. The van der Waals surface area contributed by atoms with E-state index < -0.39 is 10.0 Å². The summed E-state index contributed by atoms with van der Waals surface area (Å²) in [5.74, 6) is 0.303. The first kappa shape index (κ1) is 13.9. The number of sulfonamides is 1. The molecule has 0 aliphatic carbocycles. The highest BCUT2D eigenvalue weighted by molar-refractivity contribution is 7.89. The van der Waals surface area contributed by atoms with Gasteiger partial charge in [0.05, 0.1) is 5.75 Å². The van der Waals surface area contributed by atoms with Crippen LogP contribution in [0.4, 0.5) is 0 Å². The van der Waals surface area contributed by atoms with Gasteiger partial charge in [-0.1, -0.05) is 13.3 Å². The second-order valence-electron chi connectivity index (χ2n) is 4.53. The molecule has 1 heterocycles. The molecule has 1 fully saturated rings. The minimum Gasteiger partial charge on any atom is -0.307 e. The van der Waals surface area contributed by atoms with Crippen LogP contribution in [0.15, 0.2) is 0 Å². The largest absolute Gasteiger partial charge is 0.307 e. The van der Waals surface area contributed by atoms with Crippen molar-refractivity contribution in [2.24, 2.45) is 0 Å². The Labute approximate surface area is 99.7 Å². The molecule has 4 nitrogen and oxygen atoms in total. The van der Waals surface area contributed by atoms with Gasteiger partial charge in [0.15, 0.2) is 0 Å². The minimum atomic E-state index is -2.98. The topological polar surface area (TPSA) is 40.6 Å². The molecule has 0 unspecified atom stereocenters. The van der Waals surface area contributed by atoms with Crippen LogP contribution in [0.3, 0.4) is 0 Å². The molecule has 1 saturated heterocycles. The lowest BCUT2D eigenvalue weighted by Gasteiger charge is -2.26. The molecule has 0 bridgehead atoms. The average molecular weight is 248 g/mol. The van der Waals surface area contributed by atoms with Gasteiger partial charge in [0.1, 0.15) is 0 Å². The molecule has 0 radical (unpaired) electrons. The van der Waals surface area contributed by atoms with Crippen LogP contribution in [0.2, 0.25) is 0 Å². The molecular weight excluding hydrogens is 224 g/mol. The molecule has 0 saturated carbocycles. The predicted octanol–water partition coefficient (Wildman–Crippen LogP) is 1.14. The van der Waals surface area contributed by atoms with Crippen molar-refractivity contribution in [3.05, 3.63) is 0 Å². The summed E-state index contributed by atoms with van der Waals surface area (Å²) in [4.78, 5) is 2.14. The van der Waals surface area contributed by atoms with Gasteiger partial charge in [0, 0.05) is 13.1 Å². The molecule has 0 aromatic heterocycles. The zero-order valence-corrected chi connectivity index (χ0v) is 11.3. The molecule has 1 rings (SSSR count). The molecule has 5 heteroatoms. The molecule has 0 amide bonds. The summed E-state index contributed by atoms with van der Waals surface area (Å²) in [7, 11) is -0.959. The van der Waals surface area contributed by atoms with Crippen LogP contribution >= 0.6 is 0 Å². The summed E-state index contributed by atoms with van der Waals surface area (Å²) >= 11 is 0. The highest BCUT2D eigenvalue weighted by atomic mass is 32.2. The van der Waals surface area contributed by atoms with Crippen LogP contribution in [0.25, 0.3) is 0 Å². The second-order valence-corrected chi connectivity index (χ2v) is 6.61. The third-order valence-corrected chi connectivity index (χ3v) is 5.15. The van der Waals surface area contributed by atoms with Crippen LogP contribution in [0, 0.1) is 0 Å². The lowest BCUT2D eigenvalue weighted by Crippen LogP contribution is -2.37. The lowest BCUT2D eigenvalue weighted by molar-refractivity contribution is 0.337. The van der Waals surface area contributed by atoms with Gasteiger partial charge in [-0.2, -0.15) is 0 Å². The highest BCUT2D eigenvalue weighted by Crippen LogP contribution is 2.13. The zero-order chi connectivity index (χ0) is 12.0. The van der Waals surface area contributed by atoms with Crippen molar-refractivity contribution in [3.63, 3.8) is 0 Å². The van der Waals surface area contributed by atoms with E-state index in [9.17, 15) is 8.42 Å². The maximum atomic E-state index is 12.0. The van der Waals surface area contributed by atoms with Crippen LogP contribution in [-0.4, -0.2) is 56.6 Å². The van der Waals surface area contributed by atoms with Gasteiger partial charge >= 0.3 is 0 Å². The molecule has 0 aromatic carbocycles. The molecule has 1 aliphatic rings. The first-order valence-electron chi connectivity index (χ1n) is 6.22. The van der Waals surface area contributed by atoms with Crippen molar-refractivity contribution >= 4 is 10.0 Å². The Bertz CT molecular complexity index is 284. The van der Waals surface area contributed by atoms with E-state index in [0.717, 1.165) is 45.4 Å². The first-order valence-corrected chi connectivity index (χ1v) is 7.83. The standard InChI is InChI=1S/C11H24N2O2S/c1-3-12(2)8-7-11-16(14,15)13-9-5-4-6-10-13/h3-11H2,1-2H3. The number of piperidine rings is 1. The van der Waals surface area contributed by atoms with E-state index in [1.165, 1.54) is 6.42 Å². The summed E-state index contributed by atoms with van der Waals surface area (Å²) < 4.78 is 25.6. The second kappa shape index (κ2) is 6.57. The monoisotopic (exact) mass is 248 g/mol. The molecule has 1 aliphatic heterocycles. The number of rotatable bonds is 6. The first-order chi connectivity index (χ1) is 7.56. The van der Waals surface area contributed by atoms with E-state index >= 15 is 0 Å². The van der Waals surface area contributed by atoms with Gasteiger partial charge in [0.25, 0.3) is 0 Å². The van der Waals surface area contributed by atoms with Gasteiger partial charge in [-0.05, 0) is 39.4 Å². The fraction of sp³-hybridized carbons (Fsp3) is 1.00. The Balaban J connectivity index is 2.33. The number of hydrogen-bond acceptors (Lipinski definition) is 3. The third kappa shape index (κ3) is 4.39. The van der Waals surface area contributed by atoms with Gasteiger partial charge in [-0.3, -0.25) is 0 Å². The Morgan fingerprint density at radius 3 is 2.38 bits per heavy atom.